The van der Waals surface area contributed by atoms with Gasteiger partial charge in [-0.15, -0.1) is 0 Å². The van der Waals surface area contributed by atoms with Crippen LogP contribution in [0.15, 0.2) is 42.5 Å². The fourth-order valence-corrected chi connectivity index (χ4v) is 3.88. The minimum Gasteiger partial charge on any atom is -0.480 e. The third-order valence-corrected chi connectivity index (χ3v) is 5.30. The smallest absolute Gasteiger partial charge is 0.323 e. The van der Waals surface area contributed by atoms with Crippen molar-refractivity contribution in [1.29, 1.82) is 0 Å². The molecule has 136 valence electrons. The first-order valence-corrected chi connectivity index (χ1v) is 8.70. The fraction of sp³-hybridized carbons (Fsp3) is 0.300. The van der Waals surface area contributed by atoms with Gasteiger partial charge in [0.2, 0.25) is 5.91 Å². The van der Waals surface area contributed by atoms with E-state index >= 15 is 0 Å². The van der Waals surface area contributed by atoms with Gasteiger partial charge in [0.05, 0.1) is 0 Å². The summed E-state index contributed by atoms with van der Waals surface area (Å²) in [5, 5.41) is 9.54. The van der Waals surface area contributed by atoms with Crippen molar-refractivity contribution in [3.63, 3.8) is 0 Å². The summed E-state index contributed by atoms with van der Waals surface area (Å²) in [6, 6.07) is 11.9. The number of carbonyl (C=O) groups excluding carboxylic acids is 1. The molecule has 0 aliphatic heterocycles. The molecule has 0 bridgehead atoms. The number of rotatable bonds is 5. The average molecular weight is 376 g/mol. The lowest BCUT2D eigenvalue weighted by Crippen LogP contribution is -2.38. The molecule has 2 aromatic carbocycles. The minimum absolute atomic E-state index is 0.122. The Balaban J connectivity index is 2.03. The minimum atomic E-state index is -1.06. The van der Waals surface area contributed by atoms with E-state index < -0.39 is 11.4 Å². The van der Waals surface area contributed by atoms with Gasteiger partial charge in [0.1, 0.15) is 12.4 Å². The summed E-state index contributed by atoms with van der Waals surface area (Å²) in [6.45, 7) is -0.355. The highest BCUT2D eigenvalue weighted by Crippen LogP contribution is 2.47. The maximum absolute atomic E-state index is 13.6. The molecule has 1 N–H and O–H groups in total. The number of likely N-dealkylation sites (N-methyl/N-ethyl adjacent to an activating group) is 1. The van der Waals surface area contributed by atoms with Crippen LogP contribution in [0.2, 0.25) is 5.02 Å². The number of carboxylic acids is 1. The first kappa shape index (κ1) is 18.4. The number of benzene rings is 2. The van der Waals surface area contributed by atoms with Crippen molar-refractivity contribution in [3.8, 4) is 0 Å². The predicted octanol–water partition coefficient (Wildman–Crippen LogP) is 3.64. The molecule has 1 unspecified atom stereocenters. The summed E-state index contributed by atoms with van der Waals surface area (Å²) in [4.78, 5) is 24.9. The molecule has 26 heavy (non-hydrogen) atoms. The molecular weight excluding hydrogens is 357 g/mol. The maximum Gasteiger partial charge on any atom is 0.323 e. The van der Waals surface area contributed by atoms with Crippen LogP contribution in [-0.4, -0.2) is 35.5 Å². The summed E-state index contributed by atoms with van der Waals surface area (Å²) in [5.41, 5.74) is 2.11. The van der Waals surface area contributed by atoms with E-state index in [1.54, 1.807) is 18.2 Å². The molecule has 0 saturated carbocycles. The third-order valence-electron chi connectivity index (χ3n) is 5.05. The highest BCUT2D eigenvalue weighted by atomic mass is 35.5. The van der Waals surface area contributed by atoms with Crippen LogP contribution in [-0.2, 0) is 21.4 Å². The van der Waals surface area contributed by atoms with Crippen LogP contribution < -0.4 is 0 Å². The van der Waals surface area contributed by atoms with Crippen molar-refractivity contribution >= 4 is 23.5 Å². The van der Waals surface area contributed by atoms with Gasteiger partial charge in [-0.1, -0.05) is 29.8 Å². The topological polar surface area (TPSA) is 57.6 Å². The van der Waals surface area contributed by atoms with E-state index in [2.05, 4.69) is 0 Å². The van der Waals surface area contributed by atoms with E-state index in [4.69, 9.17) is 16.7 Å². The standard InChI is InChI=1S/C20H19ClFNO3/c1-23(12-19(25)26)18(24)11-20(14-2-4-15(21)5-3-14)9-8-13-10-16(22)6-7-17(13)20/h2-7,10H,8-9,11-12H2,1H3,(H,25,26). The monoisotopic (exact) mass is 375 g/mol. The maximum atomic E-state index is 13.6. The number of aliphatic carboxylic acids is 1. The van der Waals surface area contributed by atoms with Crippen molar-refractivity contribution in [2.45, 2.75) is 24.7 Å². The number of halogens is 2. The zero-order valence-electron chi connectivity index (χ0n) is 14.3. The molecule has 0 spiro atoms. The van der Waals surface area contributed by atoms with Crippen LogP contribution in [0, 0.1) is 5.82 Å². The van der Waals surface area contributed by atoms with Gasteiger partial charge in [-0.3, -0.25) is 9.59 Å². The van der Waals surface area contributed by atoms with Crippen LogP contribution in [0.4, 0.5) is 4.39 Å². The molecule has 1 aliphatic carbocycles. The van der Waals surface area contributed by atoms with Crippen molar-refractivity contribution in [1.82, 2.24) is 4.90 Å². The summed E-state index contributed by atoms with van der Waals surface area (Å²) in [6.07, 6.45) is 1.43. The second kappa shape index (κ2) is 7.08. The van der Waals surface area contributed by atoms with Gasteiger partial charge in [0.15, 0.2) is 0 Å². The molecule has 4 nitrogen and oxygen atoms in total. The van der Waals surface area contributed by atoms with Gasteiger partial charge in [-0.25, -0.2) is 4.39 Å². The first-order valence-electron chi connectivity index (χ1n) is 8.32. The van der Waals surface area contributed by atoms with E-state index in [1.807, 2.05) is 12.1 Å². The highest BCUT2D eigenvalue weighted by molar-refractivity contribution is 6.30. The van der Waals surface area contributed by atoms with Gasteiger partial charge in [0.25, 0.3) is 0 Å². The van der Waals surface area contributed by atoms with Crippen molar-refractivity contribution in [2.75, 3.05) is 13.6 Å². The van der Waals surface area contributed by atoms with Crippen LogP contribution in [0.1, 0.15) is 29.5 Å². The molecule has 6 heteroatoms. The van der Waals surface area contributed by atoms with Gasteiger partial charge >= 0.3 is 5.97 Å². The lowest BCUT2D eigenvalue weighted by Gasteiger charge is -2.32. The number of carbonyl (C=O) groups is 2. The van der Waals surface area contributed by atoms with Gasteiger partial charge in [-0.2, -0.15) is 0 Å². The third kappa shape index (κ3) is 3.44. The zero-order valence-corrected chi connectivity index (χ0v) is 15.1. The fourth-order valence-electron chi connectivity index (χ4n) is 3.76. The van der Waals surface area contributed by atoms with Crippen LogP contribution in [0.25, 0.3) is 0 Å². The molecule has 1 amide bonds. The Hall–Kier alpha value is -2.40. The molecule has 0 fully saturated rings. The number of fused-ring (bicyclic) bond motifs is 1. The van der Waals surface area contributed by atoms with Crippen LogP contribution >= 0.6 is 11.6 Å². The lowest BCUT2D eigenvalue weighted by molar-refractivity contribution is -0.143. The van der Waals surface area contributed by atoms with E-state index in [-0.39, 0.29) is 24.7 Å². The molecular formula is C20H19ClFNO3. The van der Waals surface area contributed by atoms with Crippen molar-refractivity contribution in [3.05, 3.63) is 70.0 Å². The number of carboxylic acid groups (broad SMARTS) is 1. The Kier molecular flexibility index (Phi) is 5.01. The van der Waals surface area contributed by atoms with Crippen LogP contribution in [0.3, 0.4) is 0 Å². The van der Waals surface area contributed by atoms with Gasteiger partial charge in [-0.05, 0) is 53.8 Å². The van der Waals surface area contributed by atoms with Crippen molar-refractivity contribution in [2.24, 2.45) is 0 Å². The molecule has 1 atom stereocenters. The average Bonchev–Trinajstić information content (AvgIpc) is 2.93. The molecule has 0 heterocycles. The summed E-state index contributed by atoms with van der Waals surface area (Å²) < 4.78 is 13.6. The van der Waals surface area contributed by atoms with E-state index in [9.17, 15) is 14.0 Å². The first-order chi connectivity index (χ1) is 12.3. The second-order valence-corrected chi connectivity index (χ2v) is 7.15. The van der Waals surface area contributed by atoms with Crippen molar-refractivity contribution < 1.29 is 19.1 Å². The van der Waals surface area contributed by atoms with E-state index in [0.29, 0.717) is 17.9 Å². The van der Waals surface area contributed by atoms with Gasteiger partial charge in [0, 0.05) is 23.9 Å². The number of hydrogen-bond acceptors (Lipinski definition) is 2. The summed E-state index contributed by atoms with van der Waals surface area (Å²) in [7, 11) is 1.48. The number of amides is 1. The molecule has 0 aromatic heterocycles. The quantitative estimate of drug-likeness (QED) is 0.867. The molecule has 0 radical (unpaired) electrons. The zero-order chi connectivity index (χ0) is 18.9. The highest BCUT2D eigenvalue weighted by Gasteiger charge is 2.42. The Morgan fingerprint density at radius 1 is 1.23 bits per heavy atom. The molecule has 3 rings (SSSR count). The normalized spacial score (nSPS) is 18.4. The van der Waals surface area contributed by atoms with Crippen LogP contribution in [0.5, 0.6) is 0 Å². The number of nitrogens with zero attached hydrogens (tertiary/aromatic N) is 1. The Bertz CT molecular complexity index is 853. The molecule has 0 saturated heterocycles. The number of aryl methyl sites for hydroxylation is 1. The predicted molar refractivity (Wildman–Crippen MR) is 96.8 cm³/mol. The van der Waals surface area contributed by atoms with E-state index in [1.165, 1.54) is 24.1 Å². The largest absolute Gasteiger partial charge is 0.480 e. The van der Waals surface area contributed by atoms with E-state index in [0.717, 1.165) is 16.7 Å². The lowest BCUT2D eigenvalue weighted by atomic mass is 9.72. The Labute approximate surface area is 156 Å². The molecule has 2 aromatic rings. The molecule has 1 aliphatic rings. The number of hydrogen-bond donors (Lipinski definition) is 1. The second-order valence-electron chi connectivity index (χ2n) is 6.71. The summed E-state index contributed by atoms with van der Waals surface area (Å²) in [5.74, 6) is -1.63. The Morgan fingerprint density at radius 2 is 1.92 bits per heavy atom. The SMILES string of the molecule is CN(CC(=O)O)C(=O)CC1(c2ccc(Cl)cc2)CCc2cc(F)ccc21. The summed E-state index contributed by atoms with van der Waals surface area (Å²) >= 11 is 6.01. The van der Waals surface area contributed by atoms with Gasteiger partial charge < -0.3 is 10.0 Å². The Morgan fingerprint density at radius 3 is 2.58 bits per heavy atom.